The molecular weight excluding hydrogens is 230 g/mol. The van der Waals surface area contributed by atoms with E-state index in [0.717, 1.165) is 5.69 Å². The molecule has 100 valence electrons. The van der Waals surface area contributed by atoms with E-state index in [-0.39, 0.29) is 0 Å². The van der Waals surface area contributed by atoms with Crippen molar-refractivity contribution in [1.29, 1.82) is 0 Å². The summed E-state index contributed by atoms with van der Waals surface area (Å²) in [6.07, 6.45) is 0. The summed E-state index contributed by atoms with van der Waals surface area (Å²) in [5.41, 5.74) is 12.0. The number of nitrogen functional groups attached to an aromatic ring is 1. The number of anilines is 1. The van der Waals surface area contributed by atoms with Crippen molar-refractivity contribution in [3.63, 3.8) is 0 Å². The van der Waals surface area contributed by atoms with E-state index in [9.17, 15) is 0 Å². The first-order valence-corrected chi connectivity index (χ1v) is 6.98. The molecule has 0 unspecified atom stereocenters. The van der Waals surface area contributed by atoms with E-state index in [4.69, 9.17) is 5.73 Å². The fourth-order valence-corrected chi connectivity index (χ4v) is 2.39. The molecule has 0 atom stereocenters. The molecule has 0 aliphatic carbocycles. The molecule has 1 nitrogen and oxygen atoms in total. The van der Waals surface area contributed by atoms with E-state index < -0.39 is 0 Å². The van der Waals surface area contributed by atoms with E-state index in [1.165, 1.54) is 22.3 Å². The van der Waals surface area contributed by atoms with Crippen LogP contribution in [0.1, 0.15) is 50.7 Å². The van der Waals surface area contributed by atoms with Gasteiger partial charge in [-0.05, 0) is 46.2 Å². The SMILES string of the molecule is CC(C)c1ccc(C(C)C)c(-c2cccc(N)c2)c1. The van der Waals surface area contributed by atoms with Gasteiger partial charge < -0.3 is 5.73 Å². The van der Waals surface area contributed by atoms with Gasteiger partial charge in [-0.3, -0.25) is 0 Å². The first-order valence-electron chi connectivity index (χ1n) is 6.98. The highest BCUT2D eigenvalue weighted by molar-refractivity contribution is 5.71. The molecule has 0 aliphatic rings. The lowest BCUT2D eigenvalue weighted by molar-refractivity contribution is 0.847. The molecule has 2 N–H and O–H groups in total. The van der Waals surface area contributed by atoms with Crippen LogP contribution in [0.2, 0.25) is 0 Å². The molecule has 0 amide bonds. The lowest BCUT2D eigenvalue weighted by Gasteiger charge is -2.16. The van der Waals surface area contributed by atoms with Crippen molar-refractivity contribution in [2.75, 3.05) is 5.73 Å². The zero-order valence-electron chi connectivity index (χ0n) is 12.3. The van der Waals surface area contributed by atoms with Crippen molar-refractivity contribution in [3.8, 4) is 11.1 Å². The van der Waals surface area contributed by atoms with E-state index >= 15 is 0 Å². The van der Waals surface area contributed by atoms with Gasteiger partial charge in [0.15, 0.2) is 0 Å². The summed E-state index contributed by atoms with van der Waals surface area (Å²) in [6, 6.07) is 15.0. The van der Waals surface area contributed by atoms with E-state index in [2.05, 4.69) is 58.0 Å². The van der Waals surface area contributed by atoms with Crippen LogP contribution in [0.3, 0.4) is 0 Å². The minimum Gasteiger partial charge on any atom is -0.399 e. The van der Waals surface area contributed by atoms with Crippen molar-refractivity contribution in [1.82, 2.24) is 0 Å². The van der Waals surface area contributed by atoms with Crippen LogP contribution >= 0.6 is 0 Å². The Morgan fingerprint density at radius 2 is 1.58 bits per heavy atom. The summed E-state index contributed by atoms with van der Waals surface area (Å²) in [5.74, 6) is 1.05. The van der Waals surface area contributed by atoms with Crippen molar-refractivity contribution in [2.45, 2.75) is 39.5 Å². The minimum atomic E-state index is 0.512. The lowest BCUT2D eigenvalue weighted by Crippen LogP contribution is -1.96. The number of nitrogens with two attached hydrogens (primary N) is 1. The second kappa shape index (κ2) is 5.48. The third kappa shape index (κ3) is 2.98. The van der Waals surface area contributed by atoms with Gasteiger partial charge in [-0.1, -0.05) is 58.0 Å². The van der Waals surface area contributed by atoms with Crippen molar-refractivity contribution in [2.24, 2.45) is 0 Å². The molecule has 0 bridgehead atoms. The van der Waals surface area contributed by atoms with Gasteiger partial charge in [0.1, 0.15) is 0 Å². The second-order valence-electron chi connectivity index (χ2n) is 5.78. The molecule has 2 rings (SSSR count). The molecule has 0 spiro atoms. The minimum absolute atomic E-state index is 0.512. The van der Waals surface area contributed by atoms with Crippen LogP contribution in [0, 0.1) is 0 Å². The zero-order chi connectivity index (χ0) is 14.0. The summed E-state index contributed by atoms with van der Waals surface area (Å²) in [4.78, 5) is 0. The van der Waals surface area contributed by atoms with Gasteiger partial charge >= 0.3 is 0 Å². The molecule has 2 aromatic carbocycles. The zero-order valence-corrected chi connectivity index (χ0v) is 12.3. The van der Waals surface area contributed by atoms with Gasteiger partial charge in [-0.15, -0.1) is 0 Å². The molecule has 0 saturated carbocycles. The number of benzene rings is 2. The van der Waals surface area contributed by atoms with Gasteiger partial charge in [0, 0.05) is 5.69 Å². The molecular formula is C18H23N. The predicted molar refractivity (Wildman–Crippen MR) is 84.5 cm³/mol. The standard InChI is InChI=1S/C18H23N/c1-12(2)14-8-9-17(13(3)4)18(11-14)15-6-5-7-16(19)10-15/h5-13H,19H2,1-4H3. The summed E-state index contributed by atoms with van der Waals surface area (Å²) in [6.45, 7) is 8.93. The molecule has 1 heteroatoms. The Morgan fingerprint density at radius 3 is 2.16 bits per heavy atom. The monoisotopic (exact) mass is 253 g/mol. The van der Waals surface area contributed by atoms with E-state index in [0.29, 0.717) is 11.8 Å². The molecule has 0 heterocycles. The summed E-state index contributed by atoms with van der Waals surface area (Å²) in [5, 5.41) is 0. The molecule has 2 aromatic rings. The van der Waals surface area contributed by atoms with Gasteiger partial charge in [-0.25, -0.2) is 0 Å². The van der Waals surface area contributed by atoms with Crippen LogP contribution < -0.4 is 5.73 Å². The van der Waals surface area contributed by atoms with Crippen LogP contribution in [-0.4, -0.2) is 0 Å². The van der Waals surface area contributed by atoms with Crippen molar-refractivity contribution < 1.29 is 0 Å². The summed E-state index contributed by atoms with van der Waals surface area (Å²) >= 11 is 0. The van der Waals surface area contributed by atoms with E-state index in [1.54, 1.807) is 0 Å². The Bertz CT molecular complexity index is 568. The first-order chi connectivity index (χ1) is 8.99. The van der Waals surface area contributed by atoms with Crippen molar-refractivity contribution in [3.05, 3.63) is 53.6 Å². The topological polar surface area (TPSA) is 26.0 Å². The van der Waals surface area contributed by atoms with Crippen LogP contribution in [-0.2, 0) is 0 Å². The molecule has 0 radical (unpaired) electrons. The lowest BCUT2D eigenvalue weighted by atomic mass is 9.88. The van der Waals surface area contributed by atoms with Crippen molar-refractivity contribution >= 4 is 5.69 Å². The molecule has 19 heavy (non-hydrogen) atoms. The Labute approximate surface area is 116 Å². The normalized spacial score (nSPS) is 11.3. The van der Waals surface area contributed by atoms with Gasteiger partial charge in [-0.2, -0.15) is 0 Å². The molecule has 0 fully saturated rings. The Kier molecular flexibility index (Phi) is 3.94. The maximum absolute atomic E-state index is 5.92. The Morgan fingerprint density at radius 1 is 0.842 bits per heavy atom. The average Bonchev–Trinajstić information content (AvgIpc) is 2.37. The highest BCUT2D eigenvalue weighted by Gasteiger charge is 2.11. The number of rotatable bonds is 3. The van der Waals surface area contributed by atoms with Gasteiger partial charge in [0.25, 0.3) is 0 Å². The van der Waals surface area contributed by atoms with Crippen LogP contribution in [0.15, 0.2) is 42.5 Å². The Hall–Kier alpha value is -1.76. The molecule has 0 saturated heterocycles. The maximum Gasteiger partial charge on any atom is 0.0320 e. The van der Waals surface area contributed by atoms with Crippen LogP contribution in [0.4, 0.5) is 5.69 Å². The summed E-state index contributed by atoms with van der Waals surface area (Å²) in [7, 11) is 0. The molecule has 0 aromatic heterocycles. The third-order valence-electron chi connectivity index (χ3n) is 3.56. The number of hydrogen-bond donors (Lipinski definition) is 1. The predicted octanol–water partition coefficient (Wildman–Crippen LogP) is 5.18. The fourth-order valence-electron chi connectivity index (χ4n) is 2.39. The highest BCUT2D eigenvalue weighted by atomic mass is 14.5. The van der Waals surface area contributed by atoms with Gasteiger partial charge in [0.05, 0.1) is 0 Å². The summed E-state index contributed by atoms with van der Waals surface area (Å²) < 4.78 is 0. The quantitative estimate of drug-likeness (QED) is 0.749. The van der Waals surface area contributed by atoms with Crippen LogP contribution in [0.5, 0.6) is 0 Å². The maximum atomic E-state index is 5.92. The smallest absolute Gasteiger partial charge is 0.0320 e. The largest absolute Gasteiger partial charge is 0.399 e. The third-order valence-corrected chi connectivity index (χ3v) is 3.56. The Balaban J connectivity index is 2.61. The molecule has 0 aliphatic heterocycles. The number of hydrogen-bond acceptors (Lipinski definition) is 1. The second-order valence-corrected chi connectivity index (χ2v) is 5.78. The first kappa shape index (κ1) is 13.7. The average molecular weight is 253 g/mol. The van der Waals surface area contributed by atoms with Crippen LogP contribution in [0.25, 0.3) is 11.1 Å². The van der Waals surface area contributed by atoms with E-state index in [1.807, 2.05) is 12.1 Å². The fraction of sp³-hybridized carbons (Fsp3) is 0.333. The highest BCUT2D eigenvalue weighted by Crippen LogP contribution is 2.32. The van der Waals surface area contributed by atoms with Gasteiger partial charge in [0.2, 0.25) is 0 Å².